The first-order chi connectivity index (χ1) is 12.0. The van der Waals surface area contributed by atoms with Crippen LogP contribution in [-0.4, -0.2) is 31.9 Å². The number of pyridine rings is 1. The molecule has 0 spiro atoms. The van der Waals surface area contributed by atoms with Crippen molar-refractivity contribution in [3.8, 4) is 0 Å². The van der Waals surface area contributed by atoms with Gasteiger partial charge in [-0.2, -0.15) is 0 Å². The second kappa shape index (κ2) is 6.94. The SMILES string of the molecule is C[C@H](c1ncccc1F)N(Cc1ccc2scnc2c1)C(=O)C(=O)O. The summed E-state index contributed by atoms with van der Waals surface area (Å²) in [5.41, 5.74) is 3.20. The van der Waals surface area contributed by atoms with Crippen LogP contribution in [0.1, 0.15) is 24.2 Å². The molecule has 6 nitrogen and oxygen atoms in total. The van der Waals surface area contributed by atoms with Gasteiger partial charge in [0.05, 0.1) is 27.5 Å². The number of hydrogen-bond acceptors (Lipinski definition) is 5. The normalized spacial score (nSPS) is 12.1. The highest BCUT2D eigenvalue weighted by Gasteiger charge is 2.29. The Kier molecular flexibility index (Phi) is 4.71. The minimum atomic E-state index is -1.60. The van der Waals surface area contributed by atoms with Gasteiger partial charge in [0.25, 0.3) is 0 Å². The average Bonchev–Trinajstić information content (AvgIpc) is 3.06. The number of hydrogen-bond donors (Lipinski definition) is 1. The lowest BCUT2D eigenvalue weighted by atomic mass is 10.1. The summed E-state index contributed by atoms with van der Waals surface area (Å²) >= 11 is 1.49. The van der Waals surface area contributed by atoms with Gasteiger partial charge >= 0.3 is 11.9 Å². The molecule has 1 atom stereocenters. The zero-order valence-corrected chi connectivity index (χ0v) is 14.0. The zero-order valence-electron chi connectivity index (χ0n) is 13.2. The molecule has 0 bridgehead atoms. The molecule has 3 rings (SSSR count). The molecule has 0 aliphatic rings. The molecule has 2 aromatic heterocycles. The Bertz CT molecular complexity index is 944. The third-order valence-electron chi connectivity index (χ3n) is 3.84. The van der Waals surface area contributed by atoms with Crippen molar-refractivity contribution in [2.45, 2.75) is 19.5 Å². The van der Waals surface area contributed by atoms with Gasteiger partial charge in [0.1, 0.15) is 5.82 Å². The van der Waals surface area contributed by atoms with Crippen molar-refractivity contribution in [1.29, 1.82) is 0 Å². The van der Waals surface area contributed by atoms with Gasteiger partial charge in [-0.05, 0) is 36.8 Å². The van der Waals surface area contributed by atoms with E-state index >= 15 is 0 Å². The van der Waals surface area contributed by atoms with Crippen molar-refractivity contribution in [3.63, 3.8) is 0 Å². The summed E-state index contributed by atoms with van der Waals surface area (Å²) < 4.78 is 15.0. The average molecular weight is 359 g/mol. The van der Waals surface area contributed by atoms with E-state index in [1.54, 1.807) is 24.6 Å². The summed E-state index contributed by atoms with van der Waals surface area (Å²) in [5.74, 6) is -3.30. The van der Waals surface area contributed by atoms with Gasteiger partial charge in [-0.3, -0.25) is 9.78 Å². The summed E-state index contributed by atoms with van der Waals surface area (Å²) in [6, 6.07) is 7.27. The molecule has 8 heteroatoms. The van der Waals surface area contributed by atoms with E-state index in [1.165, 1.54) is 29.7 Å². The number of carboxylic acids is 1. The van der Waals surface area contributed by atoms with Crippen molar-refractivity contribution in [1.82, 2.24) is 14.9 Å². The van der Waals surface area contributed by atoms with Crippen LogP contribution in [0.4, 0.5) is 4.39 Å². The largest absolute Gasteiger partial charge is 0.474 e. The molecule has 0 fully saturated rings. The van der Waals surface area contributed by atoms with E-state index in [9.17, 15) is 14.0 Å². The molecule has 128 valence electrons. The number of carbonyl (C=O) groups is 2. The van der Waals surface area contributed by atoms with Crippen LogP contribution in [-0.2, 0) is 16.1 Å². The monoisotopic (exact) mass is 359 g/mol. The summed E-state index contributed by atoms with van der Waals surface area (Å²) in [5, 5.41) is 9.12. The standard InChI is InChI=1S/C17H14FN3O3S/c1-10(15-12(18)3-2-6-19-15)21(16(22)17(23)24)8-11-4-5-14-13(7-11)20-9-25-14/h2-7,9-10H,8H2,1H3,(H,23,24)/t10-/m1/s1. The first-order valence-electron chi connectivity index (χ1n) is 7.44. The number of rotatable bonds is 4. The number of halogens is 1. The van der Waals surface area contributed by atoms with E-state index in [1.807, 2.05) is 6.07 Å². The van der Waals surface area contributed by atoms with Crippen LogP contribution in [0, 0.1) is 5.82 Å². The Hall–Kier alpha value is -2.87. The molecular weight excluding hydrogens is 345 g/mol. The lowest BCUT2D eigenvalue weighted by Crippen LogP contribution is -2.38. The van der Waals surface area contributed by atoms with Crippen LogP contribution in [0.2, 0.25) is 0 Å². The van der Waals surface area contributed by atoms with E-state index in [4.69, 9.17) is 5.11 Å². The van der Waals surface area contributed by atoms with Gasteiger partial charge in [-0.15, -0.1) is 11.3 Å². The highest BCUT2D eigenvalue weighted by molar-refractivity contribution is 7.16. The second-order valence-corrected chi connectivity index (χ2v) is 6.33. The first kappa shape index (κ1) is 17.0. The molecule has 0 aliphatic heterocycles. The minimum Gasteiger partial charge on any atom is -0.474 e. The van der Waals surface area contributed by atoms with Crippen LogP contribution in [0.25, 0.3) is 10.2 Å². The van der Waals surface area contributed by atoms with E-state index in [-0.39, 0.29) is 12.2 Å². The summed E-state index contributed by atoms with van der Waals surface area (Å²) in [7, 11) is 0. The van der Waals surface area contributed by atoms with Gasteiger partial charge in [-0.25, -0.2) is 14.2 Å². The highest BCUT2D eigenvalue weighted by atomic mass is 32.1. The molecule has 3 aromatic rings. The Morgan fingerprint density at radius 2 is 2.12 bits per heavy atom. The molecular formula is C17H14FN3O3S. The molecule has 0 saturated heterocycles. The maximum absolute atomic E-state index is 14.0. The number of carbonyl (C=O) groups excluding carboxylic acids is 1. The fourth-order valence-electron chi connectivity index (χ4n) is 2.56. The van der Waals surface area contributed by atoms with Crippen LogP contribution in [0.5, 0.6) is 0 Å². The molecule has 1 amide bonds. The van der Waals surface area contributed by atoms with E-state index in [0.29, 0.717) is 5.56 Å². The summed E-state index contributed by atoms with van der Waals surface area (Å²) in [4.78, 5) is 32.6. The summed E-state index contributed by atoms with van der Waals surface area (Å²) in [6.07, 6.45) is 1.40. The fourth-order valence-corrected chi connectivity index (χ4v) is 3.22. The molecule has 0 aliphatic carbocycles. The number of aliphatic carboxylic acids is 1. The maximum Gasteiger partial charge on any atom is 0.394 e. The zero-order chi connectivity index (χ0) is 18.0. The fraction of sp³-hybridized carbons (Fsp3) is 0.176. The van der Waals surface area contributed by atoms with Crippen molar-refractivity contribution in [3.05, 3.63) is 59.1 Å². The van der Waals surface area contributed by atoms with Gasteiger partial charge < -0.3 is 10.0 Å². The van der Waals surface area contributed by atoms with Gasteiger partial charge in [-0.1, -0.05) is 6.07 Å². The third kappa shape index (κ3) is 3.48. The Labute approximate surface area is 146 Å². The maximum atomic E-state index is 14.0. The van der Waals surface area contributed by atoms with E-state index < -0.39 is 23.7 Å². The number of carboxylic acid groups (broad SMARTS) is 1. The Balaban J connectivity index is 1.95. The van der Waals surface area contributed by atoms with Crippen molar-refractivity contribution >= 4 is 33.4 Å². The van der Waals surface area contributed by atoms with Crippen LogP contribution >= 0.6 is 11.3 Å². The second-order valence-electron chi connectivity index (χ2n) is 5.44. The van der Waals surface area contributed by atoms with Crippen molar-refractivity contribution < 1.29 is 19.1 Å². The number of nitrogens with zero attached hydrogens (tertiary/aromatic N) is 3. The molecule has 1 N–H and O–H groups in total. The minimum absolute atomic E-state index is 0.00970. The lowest BCUT2D eigenvalue weighted by Gasteiger charge is -2.27. The number of fused-ring (bicyclic) bond motifs is 1. The number of benzene rings is 1. The van der Waals surface area contributed by atoms with Crippen LogP contribution < -0.4 is 0 Å². The molecule has 0 radical (unpaired) electrons. The van der Waals surface area contributed by atoms with Crippen LogP contribution in [0.3, 0.4) is 0 Å². The van der Waals surface area contributed by atoms with Gasteiger partial charge in [0.2, 0.25) is 0 Å². The predicted molar refractivity (Wildman–Crippen MR) is 90.4 cm³/mol. The van der Waals surface area contributed by atoms with Gasteiger partial charge in [0.15, 0.2) is 0 Å². The molecule has 1 aromatic carbocycles. The lowest BCUT2D eigenvalue weighted by molar-refractivity contribution is -0.157. The summed E-state index contributed by atoms with van der Waals surface area (Å²) in [6.45, 7) is 1.56. The van der Waals surface area contributed by atoms with Crippen LogP contribution in [0.15, 0.2) is 42.0 Å². The number of amides is 1. The van der Waals surface area contributed by atoms with Crippen molar-refractivity contribution in [2.75, 3.05) is 0 Å². The molecule has 2 heterocycles. The van der Waals surface area contributed by atoms with E-state index in [2.05, 4.69) is 9.97 Å². The Morgan fingerprint density at radius 1 is 1.32 bits per heavy atom. The third-order valence-corrected chi connectivity index (χ3v) is 4.65. The quantitative estimate of drug-likeness (QED) is 0.724. The first-order valence-corrected chi connectivity index (χ1v) is 8.31. The number of thiazole rings is 1. The Morgan fingerprint density at radius 3 is 2.84 bits per heavy atom. The number of aromatic nitrogens is 2. The molecule has 25 heavy (non-hydrogen) atoms. The van der Waals surface area contributed by atoms with Gasteiger partial charge in [0, 0.05) is 12.7 Å². The topological polar surface area (TPSA) is 83.4 Å². The predicted octanol–water partition coefficient (Wildman–Crippen LogP) is 3.00. The van der Waals surface area contributed by atoms with E-state index in [0.717, 1.165) is 15.1 Å². The molecule has 0 saturated carbocycles. The smallest absolute Gasteiger partial charge is 0.394 e. The highest BCUT2D eigenvalue weighted by Crippen LogP contribution is 2.25. The van der Waals surface area contributed by atoms with Crippen molar-refractivity contribution in [2.24, 2.45) is 0 Å². The molecule has 0 unspecified atom stereocenters.